The Labute approximate surface area is 143 Å². The molecule has 0 bridgehead atoms. The van der Waals surface area contributed by atoms with Crippen molar-refractivity contribution >= 4 is 23.3 Å². The van der Waals surface area contributed by atoms with E-state index in [0.717, 1.165) is 11.1 Å². The zero-order valence-corrected chi connectivity index (χ0v) is 14.3. The first-order chi connectivity index (χ1) is 10.7. The molecule has 0 aliphatic carbocycles. The lowest BCUT2D eigenvalue weighted by Gasteiger charge is -2.27. The molecule has 1 aromatic heterocycles. The number of hydrogen-bond acceptors (Lipinski definition) is 2. The highest BCUT2D eigenvalue weighted by Crippen LogP contribution is 2.29. The molecule has 0 aliphatic rings. The van der Waals surface area contributed by atoms with Crippen molar-refractivity contribution in [2.24, 2.45) is 0 Å². The van der Waals surface area contributed by atoms with E-state index in [1.165, 1.54) is 10.9 Å². The van der Waals surface area contributed by atoms with E-state index in [4.69, 9.17) is 0 Å². The second kappa shape index (κ2) is 7.64. The third-order valence-electron chi connectivity index (χ3n) is 4.21. The normalized spacial score (nSPS) is 13.5. The van der Waals surface area contributed by atoms with Crippen molar-refractivity contribution in [1.82, 2.24) is 9.88 Å². The van der Waals surface area contributed by atoms with Gasteiger partial charge in [-0.15, -0.1) is 12.4 Å². The average molecular weight is 331 g/mol. The molecule has 3 rings (SSSR count). The SMILES string of the molecule is CNC[C@@H](O)[C@H](c1ccccc1C)n1ccc2ccccc21.Cl. The maximum Gasteiger partial charge on any atom is 0.0912 e. The van der Waals surface area contributed by atoms with Crippen LogP contribution in [0, 0.1) is 6.92 Å². The van der Waals surface area contributed by atoms with Gasteiger partial charge in [-0.05, 0) is 42.6 Å². The summed E-state index contributed by atoms with van der Waals surface area (Å²) in [5.41, 5.74) is 3.50. The topological polar surface area (TPSA) is 37.2 Å². The molecule has 2 N–H and O–H groups in total. The van der Waals surface area contributed by atoms with Gasteiger partial charge in [-0.25, -0.2) is 0 Å². The van der Waals surface area contributed by atoms with Crippen LogP contribution in [0.5, 0.6) is 0 Å². The monoisotopic (exact) mass is 330 g/mol. The number of rotatable bonds is 5. The van der Waals surface area contributed by atoms with Crippen molar-refractivity contribution in [3.05, 3.63) is 71.9 Å². The minimum atomic E-state index is -0.498. The number of aliphatic hydroxyl groups is 1. The minimum Gasteiger partial charge on any atom is -0.389 e. The van der Waals surface area contributed by atoms with Gasteiger partial charge in [0.05, 0.1) is 12.1 Å². The summed E-state index contributed by atoms with van der Waals surface area (Å²) in [7, 11) is 1.87. The number of para-hydroxylation sites is 1. The number of aryl methyl sites for hydroxylation is 1. The van der Waals surface area contributed by atoms with Crippen molar-refractivity contribution in [3.8, 4) is 0 Å². The summed E-state index contributed by atoms with van der Waals surface area (Å²) in [4.78, 5) is 0. The predicted octanol–water partition coefficient (Wildman–Crippen LogP) is 3.54. The predicted molar refractivity (Wildman–Crippen MR) is 98.4 cm³/mol. The number of halogens is 1. The summed E-state index contributed by atoms with van der Waals surface area (Å²) in [6, 6.07) is 18.6. The second-order valence-corrected chi connectivity index (χ2v) is 5.71. The van der Waals surface area contributed by atoms with Crippen molar-refractivity contribution in [3.63, 3.8) is 0 Å². The lowest BCUT2D eigenvalue weighted by Crippen LogP contribution is -2.33. The Morgan fingerprint density at radius 1 is 1.04 bits per heavy atom. The third-order valence-corrected chi connectivity index (χ3v) is 4.21. The number of hydrogen-bond donors (Lipinski definition) is 2. The first-order valence-corrected chi connectivity index (χ1v) is 7.66. The van der Waals surface area contributed by atoms with Gasteiger partial charge in [0.2, 0.25) is 0 Å². The van der Waals surface area contributed by atoms with Crippen LogP contribution in [0.3, 0.4) is 0 Å². The van der Waals surface area contributed by atoms with Gasteiger partial charge in [-0.2, -0.15) is 0 Å². The number of benzene rings is 2. The van der Waals surface area contributed by atoms with Crippen LogP contribution in [0.2, 0.25) is 0 Å². The molecule has 0 spiro atoms. The van der Waals surface area contributed by atoms with Crippen LogP contribution in [0.1, 0.15) is 17.2 Å². The molecular weight excluding hydrogens is 308 g/mol. The fraction of sp³-hybridized carbons (Fsp3) is 0.263. The van der Waals surface area contributed by atoms with Crippen LogP contribution in [0.4, 0.5) is 0 Å². The Morgan fingerprint density at radius 3 is 2.48 bits per heavy atom. The van der Waals surface area contributed by atoms with Gasteiger partial charge in [0.15, 0.2) is 0 Å². The van der Waals surface area contributed by atoms with Crippen molar-refractivity contribution in [2.75, 3.05) is 13.6 Å². The van der Waals surface area contributed by atoms with E-state index in [-0.39, 0.29) is 18.4 Å². The summed E-state index contributed by atoms with van der Waals surface area (Å²) in [6.07, 6.45) is 1.57. The maximum atomic E-state index is 10.7. The summed E-state index contributed by atoms with van der Waals surface area (Å²) in [6.45, 7) is 2.64. The molecule has 4 heteroatoms. The first-order valence-electron chi connectivity index (χ1n) is 7.66. The fourth-order valence-electron chi connectivity index (χ4n) is 3.13. The van der Waals surface area contributed by atoms with Gasteiger partial charge in [0.1, 0.15) is 0 Å². The lowest BCUT2D eigenvalue weighted by atomic mass is 9.96. The van der Waals surface area contributed by atoms with Crippen molar-refractivity contribution in [2.45, 2.75) is 19.1 Å². The quantitative estimate of drug-likeness (QED) is 0.750. The Morgan fingerprint density at radius 2 is 1.74 bits per heavy atom. The average Bonchev–Trinajstić information content (AvgIpc) is 2.94. The van der Waals surface area contributed by atoms with E-state index in [1.807, 2.05) is 31.3 Å². The smallest absolute Gasteiger partial charge is 0.0912 e. The van der Waals surface area contributed by atoms with Gasteiger partial charge in [0.25, 0.3) is 0 Å². The first kappa shape index (κ1) is 17.5. The second-order valence-electron chi connectivity index (χ2n) is 5.71. The summed E-state index contributed by atoms with van der Waals surface area (Å²) in [5.74, 6) is 0. The highest BCUT2D eigenvalue weighted by Gasteiger charge is 2.24. The fourth-order valence-corrected chi connectivity index (χ4v) is 3.13. The lowest BCUT2D eigenvalue weighted by molar-refractivity contribution is 0.132. The van der Waals surface area contributed by atoms with E-state index in [1.54, 1.807) is 0 Å². The van der Waals surface area contributed by atoms with Gasteiger partial charge in [-0.3, -0.25) is 0 Å². The van der Waals surface area contributed by atoms with Crippen LogP contribution in [-0.4, -0.2) is 29.4 Å². The minimum absolute atomic E-state index is 0. The van der Waals surface area contributed by atoms with Gasteiger partial charge < -0.3 is 15.0 Å². The highest BCUT2D eigenvalue weighted by molar-refractivity contribution is 5.85. The molecule has 0 fully saturated rings. The van der Waals surface area contributed by atoms with Crippen LogP contribution in [-0.2, 0) is 0 Å². The summed E-state index contributed by atoms with van der Waals surface area (Å²) in [5, 5.41) is 15.0. The third kappa shape index (κ3) is 3.42. The summed E-state index contributed by atoms with van der Waals surface area (Å²) >= 11 is 0. The Kier molecular flexibility index (Phi) is 5.83. The van der Waals surface area contributed by atoms with Crippen molar-refractivity contribution < 1.29 is 5.11 Å². The van der Waals surface area contributed by atoms with Crippen LogP contribution >= 0.6 is 12.4 Å². The standard InChI is InChI=1S/C19H22N2O.ClH/c1-14-7-3-5-9-16(14)19(18(22)13-20-2)21-12-11-15-8-4-6-10-17(15)21;/h3-12,18-20,22H,13H2,1-2H3;1H/t18-,19+;/m1./s1. The van der Waals surface area contributed by atoms with E-state index in [9.17, 15) is 5.11 Å². The molecule has 2 aromatic carbocycles. The molecular formula is C19H23ClN2O. The molecule has 0 unspecified atom stereocenters. The molecule has 0 amide bonds. The molecule has 122 valence electrons. The molecule has 1 heterocycles. The molecule has 23 heavy (non-hydrogen) atoms. The van der Waals surface area contributed by atoms with Crippen molar-refractivity contribution in [1.29, 1.82) is 0 Å². The number of nitrogens with one attached hydrogen (secondary N) is 1. The molecule has 0 aliphatic heterocycles. The van der Waals surface area contributed by atoms with Crippen LogP contribution < -0.4 is 5.32 Å². The molecule has 0 saturated heterocycles. The molecule has 0 saturated carbocycles. The van der Waals surface area contributed by atoms with Crippen LogP contribution in [0.25, 0.3) is 10.9 Å². The number of nitrogens with zero attached hydrogens (tertiary/aromatic N) is 1. The van der Waals surface area contributed by atoms with Gasteiger partial charge in [0, 0.05) is 18.3 Å². The Balaban J connectivity index is 0.00000192. The number of fused-ring (bicyclic) bond motifs is 1. The largest absolute Gasteiger partial charge is 0.389 e. The Bertz CT molecular complexity index is 769. The van der Waals surface area contributed by atoms with E-state index >= 15 is 0 Å². The summed E-state index contributed by atoms with van der Waals surface area (Å²) < 4.78 is 2.18. The molecule has 3 aromatic rings. The van der Waals surface area contributed by atoms with E-state index < -0.39 is 6.10 Å². The number of aliphatic hydroxyl groups excluding tert-OH is 1. The zero-order valence-electron chi connectivity index (χ0n) is 13.4. The molecule has 0 radical (unpaired) electrons. The van der Waals surface area contributed by atoms with Gasteiger partial charge in [-0.1, -0.05) is 42.5 Å². The Hall–Kier alpha value is -1.81. The van der Waals surface area contributed by atoms with Gasteiger partial charge >= 0.3 is 0 Å². The van der Waals surface area contributed by atoms with Crippen LogP contribution in [0.15, 0.2) is 60.8 Å². The molecule has 3 nitrogen and oxygen atoms in total. The highest BCUT2D eigenvalue weighted by atomic mass is 35.5. The van der Waals surface area contributed by atoms with E-state index in [2.05, 4.69) is 53.3 Å². The number of likely N-dealkylation sites (N-methyl/N-ethyl adjacent to an activating group) is 1. The zero-order chi connectivity index (χ0) is 15.5. The molecule has 2 atom stereocenters. The number of aromatic nitrogens is 1. The maximum absolute atomic E-state index is 10.7. The van der Waals surface area contributed by atoms with E-state index in [0.29, 0.717) is 6.54 Å².